The first-order valence-electron chi connectivity index (χ1n) is 8.22. The highest BCUT2D eigenvalue weighted by Gasteiger charge is 2.20. The van der Waals surface area contributed by atoms with Crippen LogP contribution >= 0.6 is 0 Å². The van der Waals surface area contributed by atoms with Crippen LogP contribution in [0.5, 0.6) is 17.2 Å². The lowest BCUT2D eigenvalue weighted by atomic mass is 10.1. The van der Waals surface area contributed by atoms with Crippen LogP contribution in [0.2, 0.25) is 0 Å². The van der Waals surface area contributed by atoms with Gasteiger partial charge in [-0.1, -0.05) is 0 Å². The molecule has 1 aromatic carbocycles. The molecule has 7 heteroatoms. The third kappa shape index (κ3) is 4.36. The summed E-state index contributed by atoms with van der Waals surface area (Å²) in [6.45, 7) is 1.60. The first kappa shape index (κ1) is 18.9. The Bertz CT molecular complexity index is 725. The van der Waals surface area contributed by atoms with Crippen LogP contribution in [-0.4, -0.2) is 64.3 Å². The van der Waals surface area contributed by atoms with E-state index in [1.54, 1.807) is 21.3 Å². The van der Waals surface area contributed by atoms with Crippen molar-refractivity contribution >= 4 is 16.8 Å². The van der Waals surface area contributed by atoms with Gasteiger partial charge in [-0.05, 0) is 32.6 Å². The number of aromatic nitrogens is 1. The molecule has 0 aliphatic carbocycles. The summed E-state index contributed by atoms with van der Waals surface area (Å²) in [4.78, 5) is 17.5. The Balaban J connectivity index is 2.20. The number of hydrogen-bond acceptors (Lipinski definition) is 5. The maximum atomic E-state index is 12.2. The molecule has 0 saturated heterocycles. The van der Waals surface area contributed by atoms with Gasteiger partial charge in [0.25, 0.3) is 0 Å². The fourth-order valence-corrected chi connectivity index (χ4v) is 2.82. The first-order chi connectivity index (χ1) is 12.0. The zero-order valence-electron chi connectivity index (χ0n) is 15.6. The Morgan fingerprint density at radius 2 is 1.88 bits per heavy atom. The molecule has 1 amide bonds. The minimum atomic E-state index is -0.0171. The quantitative estimate of drug-likeness (QED) is 0.675. The summed E-state index contributed by atoms with van der Waals surface area (Å²) in [6, 6.07) is 1.84. The van der Waals surface area contributed by atoms with Crippen LogP contribution in [-0.2, 0) is 11.2 Å². The lowest BCUT2D eigenvalue weighted by molar-refractivity contribution is -0.120. The van der Waals surface area contributed by atoms with E-state index in [-0.39, 0.29) is 12.3 Å². The number of methoxy groups -OCH3 is 3. The highest BCUT2D eigenvalue weighted by Crippen LogP contribution is 2.44. The maximum absolute atomic E-state index is 12.2. The van der Waals surface area contributed by atoms with Gasteiger partial charge in [0.1, 0.15) is 0 Å². The second-order valence-electron chi connectivity index (χ2n) is 6.07. The van der Waals surface area contributed by atoms with Gasteiger partial charge in [-0.15, -0.1) is 0 Å². The molecule has 2 aromatic rings. The Morgan fingerprint density at radius 3 is 2.48 bits per heavy atom. The highest BCUT2D eigenvalue weighted by molar-refractivity contribution is 5.96. The fraction of sp³-hybridized carbons (Fsp3) is 0.500. The molecule has 2 rings (SSSR count). The molecule has 0 spiro atoms. The van der Waals surface area contributed by atoms with E-state index in [2.05, 4.69) is 15.2 Å². The molecular formula is C18H27N3O4. The summed E-state index contributed by atoms with van der Waals surface area (Å²) in [5.74, 6) is 1.64. The molecule has 0 aliphatic rings. The van der Waals surface area contributed by atoms with Crippen LogP contribution in [0.15, 0.2) is 12.3 Å². The predicted molar refractivity (Wildman–Crippen MR) is 97.8 cm³/mol. The van der Waals surface area contributed by atoms with Crippen LogP contribution in [0.1, 0.15) is 12.0 Å². The van der Waals surface area contributed by atoms with E-state index in [1.807, 2.05) is 26.4 Å². The van der Waals surface area contributed by atoms with E-state index < -0.39 is 0 Å². The van der Waals surface area contributed by atoms with Crippen molar-refractivity contribution in [2.45, 2.75) is 12.8 Å². The number of carbonyl (C=O) groups is 1. The summed E-state index contributed by atoms with van der Waals surface area (Å²) in [6.07, 6.45) is 3.01. The van der Waals surface area contributed by atoms with E-state index in [0.29, 0.717) is 23.8 Å². The van der Waals surface area contributed by atoms with Gasteiger partial charge >= 0.3 is 0 Å². The van der Waals surface area contributed by atoms with Crippen molar-refractivity contribution in [3.63, 3.8) is 0 Å². The Morgan fingerprint density at radius 1 is 1.16 bits per heavy atom. The number of nitrogens with zero attached hydrogens (tertiary/aromatic N) is 1. The number of carbonyl (C=O) groups excluding carboxylic acids is 1. The van der Waals surface area contributed by atoms with Gasteiger partial charge < -0.3 is 29.4 Å². The minimum absolute atomic E-state index is 0.0171. The molecule has 138 valence electrons. The minimum Gasteiger partial charge on any atom is -0.493 e. The largest absolute Gasteiger partial charge is 0.493 e. The number of nitrogens with one attached hydrogen (secondary N) is 2. The van der Waals surface area contributed by atoms with Gasteiger partial charge in [-0.25, -0.2) is 0 Å². The fourth-order valence-electron chi connectivity index (χ4n) is 2.82. The summed E-state index contributed by atoms with van der Waals surface area (Å²) in [5, 5.41) is 3.79. The van der Waals surface area contributed by atoms with Crippen molar-refractivity contribution in [2.24, 2.45) is 0 Å². The van der Waals surface area contributed by atoms with Crippen LogP contribution in [0, 0.1) is 0 Å². The lowest BCUT2D eigenvalue weighted by Crippen LogP contribution is -2.28. The van der Waals surface area contributed by atoms with Gasteiger partial charge in [0.15, 0.2) is 11.5 Å². The monoisotopic (exact) mass is 349 g/mol. The van der Waals surface area contributed by atoms with Crippen molar-refractivity contribution in [3.05, 3.63) is 17.8 Å². The topological polar surface area (TPSA) is 75.8 Å². The molecule has 2 N–H and O–H groups in total. The van der Waals surface area contributed by atoms with Crippen molar-refractivity contribution in [3.8, 4) is 17.2 Å². The number of rotatable bonds is 9. The van der Waals surface area contributed by atoms with Crippen LogP contribution in [0.4, 0.5) is 0 Å². The molecule has 7 nitrogen and oxygen atoms in total. The molecule has 0 radical (unpaired) electrons. The molecule has 0 unspecified atom stereocenters. The van der Waals surface area contributed by atoms with Crippen molar-refractivity contribution in [2.75, 3.05) is 48.5 Å². The number of H-pyrrole nitrogens is 1. The molecular weight excluding hydrogens is 322 g/mol. The zero-order valence-corrected chi connectivity index (χ0v) is 15.6. The second kappa shape index (κ2) is 8.62. The molecule has 1 heterocycles. The molecule has 0 aliphatic heterocycles. The molecule has 25 heavy (non-hydrogen) atoms. The standard InChI is InChI=1S/C18H27N3O4/c1-21(2)8-6-7-19-15(22)9-12-11-20-13-10-14(23-3)17(24-4)18(25-5)16(12)13/h10-11,20H,6-9H2,1-5H3,(H,19,22). The van der Waals surface area contributed by atoms with Crippen molar-refractivity contribution in [1.82, 2.24) is 15.2 Å². The molecule has 1 aromatic heterocycles. The smallest absolute Gasteiger partial charge is 0.224 e. The van der Waals surface area contributed by atoms with Gasteiger partial charge in [0.05, 0.1) is 33.3 Å². The number of hydrogen-bond donors (Lipinski definition) is 2. The number of aromatic amines is 1. The average Bonchev–Trinajstić information content (AvgIpc) is 2.99. The van der Waals surface area contributed by atoms with Gasteiger partial charge in [0, 0.05) is 24.2 Å². The molecule has 0 atom stereocenters. The third-order valence-electron chi connectivity index (χ3n) is 4.01. The molecule has 0 bridgehead atoms. The lowest BCUT2D eigenvalue weighted by Gasteiger charge is -2.14. The number of benzene rings is 1. The normalized spacial score (nSPS) is 11.0. The van der Waals surface area contributed by atoms with E-state index in [1.165, 1.54) is 0 Å². The summed E-state index contributed by atoms with van der Waals surface area (Å²) >= 11 is 0. The SMILES string of the molecule is COc1cc2[nH]cc(CC(=O)NCCCN(C)C)c2c(OC)c1OC. The van der Waals surface area contributed by atoms with Crippen LogP contribution in [0.3, 0.4) is 0 Å². The van der Waals surface area contributed by atoms with Gasteiger partial charge in [-0.3, -0.25) is 4.79 Å². The summed E-state index contributed by atoms with van der Waals surface area (Å²) in [7, 11) is 8.75. The van der Waals surface area contributed by atoms with Gasteiger partial charge in [0.2, 0.25) is 11.7 Å². The van der Waals surface area contributed by atoms with E-state index in [4.69, 9.17) is 14.2 Å². The number of amides is 1. The Kier molecular flexibility index (Phi) is 6.52. The predicted octanol–water partition coefficient (Wildman–Crippen LogP) is 1.80. The zero-order chi connectivity index (χ0) is 18.4. The second-order valence-corrected chi connectivity index (χ2v) is 6.07. The first-order valence-corrected chi connectivity index (χ1v) is 8.22. The van der Waals surface area contributed by atoms with Crippen molar-refractivity contribution in [1.29, 1.82) is 0 Å². The average molecular weight is 349 g/mol. The number of fused-ring (bicyclic) bond motifs is 1. The van der Waals surface area contributed by atoms with E-state index >= 15 is 0 Å². The third-order valence-corrected chi connectivity index (χ3v) is 4.01. The maximum Gasteiger partial charge on any atom is 0.224 e. The van der Waals surface area contributed by atoms with Crippen molar-refractivity contribution < 1.29 is 19.0 Å². The summed E-state index contributed by atoms with van der Waals surface area (Å²) in [5.41, 5.74) is 1.70. The molecule has 0 fully saturated rings. The Hall–Kier alpha value is -2.41. The summed E-state index contributed by atoms with van der Waals surface area (Å²) < 4.78 is 16.3. The highest BCUT2D eigenvalue weighted by atomic mass is 16.5. The Labute approximate surface area is 148 Å². The van der Waals surface area contributed by atoms with Gasteiger partial charge in [-0.2, -0.15) is 0 Å². The van der Waals surface area contributed by atoms with E-state index in [0.717, 1.165) is 29.4 Å². The number of ether oxygens (including phenoxy) is 3. The van der Waals surface area contributed by atoms with E-state index in [9.17, 15) is 4.79 Å². The molecule has 0 saturated carbocycles. The van der Waals surface area contributed by atoms with Crippen LogP contribution < -0.4 is 19.5 Å². The van der Waals surface area contributed by atoms with Crippen LogP contribution in [0.25, 0.3) is 10.9 Å².